The summed E-state index contributed by atoms with van der Waals surface area (Å²) in [5.41, 5.74) is -0.618. The Morgan fingerprint density at radius 1 is 1.38 bits per heavy atom. The van der Waals surface area contributed by atoms with Crippen molar-refractivity contribution in [3.63, 3.8) is 0 Å². The summed E-state index contributed by atoms with van der Waals surface area (Å²) in [5, 5.41) is 12.9. The van der Waals surface area contributed by atoms with Crippen molar-refractivity contribution in [3.05, 3.63) is 35.6 Å². The quantitative estimate of drug-likeness (QED) is 0.838. The number of nitrogens with one attached hydrogen (secondary N) is 1. The normalized spacial score (nSPS) is 18.4. The van der Waals surface area contributed by atoms with E-state index in [0.29, 0.717) is 12.1 Å². The van der Waals surface area contributed by atoms with E-state index in [9.17, 15) is 14.3 Å². The zero-order valence-electron chi connectivity index (χ0n) is 14.9. The van der Waals surface area contributed by atoms with Gasteiger partial charge in [-0.3, -0.25) is 4.79 Å². The van der Waals surface area contributed by atoms with E-state index in [2.05, 4.69) is 17.1 Å². The number of likely N-dealkylation sites (tertiary alicyclic amines) is 1. The average Bonchev–Trinajstić information content (AvgIpc) is 2.55. The number of halogens is 1. The summed E-state index contributed by atoms with van der Waals surface area (Å²) in [4.78, 5) is 14.7. The molecule has 1 aliphatic rings. The van der Waals surface area contributed by atoms with Crippen molar-refractivity contribution >= 4 is 5.91 Å². The maximum Gasteiger partial charge on any atom is 0.230 e. The number of piperidine rings is 1. The Bertz CT molecular complexity index is 554. The molecule has 1 saturated heterocycles. The Hall–Kier alpha value is -1.46. The van der Waals surface area contributed by atoms with Gasteiger partial charge in [-0.15, -0.1) is 0 Å². The summed E-state index contributed by atoms with van der Waals surface area (Å²) in [6.07, 6.45) is 1.69. The molecule has 24 heavy (non-hydrogen) atoms. The van der Waals surface area contributed by atoms with E-state index in [0.717, 1.165) is 31.8 Å². The molecule has 1 unspecified atom stereocenters. The van der Waals surface area contributed by atoms with Crippen LogP contribution in [0.25, 0.3) is 0 Å². The van der Waals surface area contributed by atoms with Crippen LogP contribution in [-0.4, -0.2) is 48.2 Å². The topological polar surface area (TPSA) is 52.6 Å². The van der Waals surface area contributed by atoms with Gasteiger partial charge in [0.05, 0.1) is 11.5 Å². The highest BCUT2D eigenvalue weighted by Crippen LogP contribution is 2.25. The molecule has 1 aromatic rings. The van der Waals surface area contributed by atoms with E-state index >= 15 is 0 Å². The van der Waals surface area contributed by atoms with Crippen LogP contribution >= 0.6 is 0 Å². The van der Waals surface area contributed by atoms with Crippen molar-refractivity contribution in [2.45, 2.75) is 45.1 Å². The van der Waals surface area contributed by atoms with Gasteiger partial charge in [-0.25, -0.2) is 4.39 Å². The maximum absolute atomic E-state index is 13.9. The number of carbonyl (C=O) groups is 1. The number of β-amino-alcohol motifs (C(OH)–C–C–N with tert-alkyl or cyclic N) is 1. The maximum atomic E-state index is 13.9. The predicted molar refractivity (Wildman–Crippen MR) is 93.3 cm³/mol. The van der Waals surface area contributed by atoms with Crippen LogP contribution in [0.4, 0.5) is 4.39 Å². The molecule has 1 aliphatic heterocycles. The number of carbonyl (C=O) groups excluding carboxylic acids is 1. The van der Waals surface area contributed by atoms with Gasteiger partial charge in [0.25, 0.3) is 0 Å². The number of hydrogen-bond acceptors (Lipinski definition) is 3. The Labute approximate surface area is 144 Å². The van der Waals surface area contributed by atoms with Crippen LogP contribution in [0, 0.1) is 11.7 Å². The van der Waals surface area contributed by atoms with Crippen LogP contribution in [0.3, 0.4) is 0 Å². The van der Waals surface area contributed by atoms with E-state index < -0.39 is 11.5 Å². The molecular weight excluding hydrogens is 307 g/mol. The van der Waals surface area contributed by atoms with Gasteiger partial charge in [0.15, 0.2) is 0 Å². The molecule has 0 radical (unpaired) electrons. The van der Waals surface area contributed by atoms with Crippen molar-refractivity contribution in [1.82, 2.24) is 10.2 Å². The van der Waals surface area contributed by atoms with E-state index in [1.54, 1.807) is 32.0 Å². The standard InChI is InChI=1S/C19H29FN2O2/c1-14-8-10-22(11-9-14)13-15(23)12-21-18(24)19(2,3)16-6-4-5-7-17(16)20/h4-7,14-15,23H,8-13H2,1-3H3,(H,21,24). The van der Waals surface area contributed by atoms with Gasteiger partial charge in [-0.1, -0.05) is 25.1 Å². The van der Waals surface area contributed by atoms with Gasteiger partial charge in [-0.05, 0) is 51.8 Å². The minimum absolute atomic E-state index is 0.183. The predicted octanol–water partition coefficient (Wildman–Crippen LogP) is 2.31. The highest BCUT2D eigenvalue weighted by atomic mass is 19.1. The van der Waals surface area contributed by atoms with Crippen molar-refractivity contribution in [3.8, 4) is 0 Å². The van der Waals surface area contributed by atoms with Crippen molar-refractivity contribution in [2.75, 3.05) is 26.2 Å². The van der Waals surface area contributed by atoms with Gasteiger partial charge in [0.1, 0.15) is 5.82 Å². The fourth-order valence-electron chi connectivity index (χ4n) is 3.13. The minimum Gasteiger partial charge on any atom is -0.390 e. The molecule has 0 saturated carbocycles. The molecule has 0 spiro atoms. The fourth-order valence-corrected chi connectivity index (χ4v) is 3.13. The number of benzene rings is 1. The van der Waals surface area contributed by atoms with Crippen LogP contribution < -0.4 is 5.32 Å². The van der Waals surface area contributed by atoms with Crippen LogP contribution in [0.2, 0.25) is 0 Å². The van der Waals surface area contributed by atoms with Gasteiger partial charge in [-0.2, -0.15) is 0 Å². The second kappa shape index (κ2) is 8.08. The smallest absolute Gasteiger partial charge is 0.230 e. The molecule has 1 amide bonds. The van der Waals surface area contributed by atoms with Crippen LogP contribution in [-0.2, 0) is 10.2 Å². The highest BCUT2D eigenvalue weighted by molar-refractivity contribution is 5.87. The third kappa shape index (κ3) is 4.77. The largest absolute Gasteiger partial charge is 0.390 e. The minimum atomic E-state index is -0.981. The number of aliphatic hydroxyl groups excluding tert-OH is 1. The van der Waals surface area contributed by atoms with Crippen LogP contribution in [0.5, 0.6) is 0 Å². The average molecular weight is 336 g/mol. The monoisotopic (exact) mass is 336 g/mol. The number of amides is 1. The number of aliphatic hydroxyl groups is 1. The third-order valence-corrected chi connectivity index (χ3v) is 4.96. The molecule has 0 aliphatic carbocycles. The lowest BCUT2D eigenvalue weighted by atomic mass is 9.83. The van der Waals surface area contributed by atoms with Crippen LogP contribution in [0.15, 0.2) is 24.3 Å². The lowest BCUT2D eigenvalue weighted by molar-refractivity contribution is -0.126. The molecule has 1 fully saturated rings. The second-order valence-electron chi connectivity index (χ2n) is 7.45. The molecule has 1 aromatic carbocycles. The van der Waals surface area contributed by atoms with Gasteiger partial charge < -0.3 is 15.3 Å². The summed E-state index contributed by atoms with van der Waals surface area (Å²) in [6, 6.07) is 6.31. The number of hydrogen-bond donors (Lipinski definition) is 2. The zero-order valence-corrected chi connectivity index (χ0v) is 14.9. The summed E-state index contributed by atoms with van der Waals surface area (Å²) in [6.45, 7) is 8.37. The number of rotatable bonds is 6. The SMILES string of the molecule is CC1CCN(CC(O)CNC(=O)C(C)(C)c2ccccc2F)CC1. The second-order valence-corrected chi connectivity index (χ2v) is 7.45. The molecule has 1 atom stereocenters. The van der Waals surface area contributed by atoms with Crippen molar-refractivity contribution < 1.29 is 14.3 Å². The van der Waals surface area contributed by atoms with E-state index in [-0.39, 0.29) is 18.3 Å². The van der Waals surface area contributed by atoms with E-state index in [4.69, 9.17) is 0 Å². The van der Waals surface area contributed by atoms with Gasteiger partial charge in [0.2, 0.25) is 5.91 Å². The molecule has 4 nitrogen and oxygen atoms in total. The summed E-state index contributed by atoms with van der Waals surface area (Å²) in [7, 11) is 0. The van der Waals surface area contributed by atoms with Gasteiger partial charge in [0, 0.05) is 18.7 Å². The first-order valence-corrected chi connectivity index (χ1v) is 8.74. The third-order valence-electron chi connectivity index (χ3n) is 4.96. The van der Waals surface area contributed by atoms with E-state index in [1.807, 2.05) is 0 Å². The Morgan fingerprint density at radius 2 is 2.00 bits per heavy atom. The van der Waals surface area contributed by atoms with Gasteiger partial charge >= 0.3 is 0 Å². The molecule has 0 aromatic heterocycles. The molecule has 0 bridgehead atoms. The highest BCUT2D eigenvalue weighted by Gasteiger charge is 2.32. The molecule has 1 heterocycles. The molecular formula is C19H29FN2O2. The Morgan fingerprint density at radius 3 is 2.62 bits per heavy atom. The van der Waals surface area contributed by atoms with Crippen molar-refractivity contribution in [2.24, 2.45) is 5.92 Å². The summed E-state index contributed by atoms with van der Waals surface area (Å²) >= 11 is 0. The van der Waals surface area contributed by atoms with E-state index in [1.165, 1.54) is 6.07 Å². The summed E-state index contributed by atoms with van der Waals surface area (Å²) < 4.78 is 13.9. The number of nitrogens with zero attached hydrogens (tertiary/aromatic N) is 1. The Balaban J connectivity index is 1.84. The molecule has 2 rings (SSSR count). The zero-order chi connectivity index (χ0) is 17.7. The molecule has 134 valence electrons. The van der Waals surface area contributed by atoms with Crippen molar-refractivity contribution in [1.29, 1.82) is 0 Å². The lowest BCUT2D eigenvalue weighted by Gasteiger charge is -2.32. The lowest BCUT2D eigenvalue weighted by Crippen LogP contribution is -2.47. The first-order chi connectivity index (χ1) is 11.3. The fraction of sp³-hybridized carbons (Fsp3) is 0.632. The molecule has 5 heteroatoms. The first-order valence-electron chi connectivity index (χ1n) is 8.74. The molecule has 2 N–H and O–H groups in total. The Kier molecular flexibility index (Phi) is 6.35. The first kappa shape index (κ1) is 18.9. The summed E-state index contributed by atoms with van der Waals surface area (Å²) in [5.74, 6) is 0.0826. The van der Waals surface area contributed by atoms with Crippen LogP contribution in [0.1, 0.15) is 39.2 Å².